The van der Waals surface area contributed by atoms with E-state index < -0.39 is 16.8 Å². The molecule has 0 unspecified atom stereocenters. The van der Waals surface area contributed by atoms with Crippen molar-refractivity contribution in [1.82, 2.24) is 5.43 Å². The number of rotatable bonds is 11. The van der Waals surface area contributed by atoms with Crippen LogP contribution in [0.1, 0.15) is 25.0 Å². The summed E-state index contributed by atoms with van der Waals surface area (Å²) in [5, 5.41) is 15.0. The second-order valence-corrected chi connectivity index (χ2v) is 7.07. The van der Waals surface area contributed by atoms with E-state index in [0.717, 1.165) is 0 Å². The van der Waals surface area contributed by atoms with E-state index in [1.807, 2.05) is 0 Å². The van der Waals surface area contributed by atoms with E-state index in [1.165, 1.54) is 24.4 Å². The van der Waals surface area contributed by atoms with Crippen LogP contribution >= 0.6 is 15.9 Å². The second kappa shape index (κ2) is 12.4. The van der Waals surface area contributed by atoms with E-state index in [-0.39, 0.29) is 30.9 Å². The lowest BCUT2D eigenvalue weighted by atomic mass is 10.1. The smallest absolute Gasteiger partial charge is 0.344 e. The number of nitro benzene ring substituents is 1. The van der Waals surface area contributed by atoms with Crippen molar-refractivity contribution in [3.8, 4) is 11.5 Å². The molecule has 0 radical (unpaired) electrons. The Labute approximate surface area is 192 Å². The van der Waals surface area contributed by atoms with Crippen LogP contribution in [0.25, 0.3) is 0 Å². The SMILES string of the molecule is CCOC(=O)COc1c(Br)cc(/C=N/NC(=O)Cc2ccccc2[N+](=O)[O-])cc1OCC. The minimum absolute atomic E-state index is 0.129. The molecule has 1 N–H and O–H groups in total. The Morgan fingerprint density at radius 1 is 1.19 bits per heavy atom. The molecule has 32 heavy (non-hydrogen) atoms. The van der Waals surface area contributed by atoms with Crippen molar-refractivity contribution in [2.24, 2.45) is 5.10 Å². The molecule has 0 spiro atoms. The van der Waals surface area contributed by atoms with Crippen molar-refractivity contribution in [2.75, 3.05) is 19.8 Å². The Morgan fingerprint density at radius 3 is 2.62 bits per heavy atom. The summed E-state index contributed by atoms with van der Waals surface area (Å²) in [5.41, 5.74) is 3.08. The van der Waals surface area contributed by atoms with Gasteiger partial charge in [-0.25, -0.2) is 10.2 Å². The molecule has 1 amide bonds. The van der Waals surface area contributed by atoms with E-state index in [0.29, 0.717) is 28.1 Å². The first-order chi connectivity index (χ1) is 15.3. The van der Waals surface area contributed by atoms with E-state index in [9.17, 15) is 19.7 Å². The van der Waals surface area contributed by atoms with Gasteiger partial charge >= 0.3 is 5.97 Å². The van der Waals surface area contributed by atoms with Gasteiger partial charge in [-0.15, -0.1) is 0 Å². The lowest BCUT2D eigenvalue weighted by molar-refractivity contribution is -0.385. The highest BCUT2D eigenvalue weighted by atomic mass is 79.9. The molecule has 2 aromatic carbocycles. The van der Waals surface area contributed by atoms with Gasteiger partial charge in [-0.2, -0.15) is 5.10 Å². The number of amides is 1. The van der Waals surface area contributed by atoms with Crippen molar-refractivity contribution >= 4 is 39.7 Å². The van der Waals surface area contributed by atoms with Gasteiger partial charge in [-0.1, -0.05) is 18.2 Å². The first-order valence-electron chi connectivity index (χ1n) is 9.64. The van der Waals surface area contributed by atoms with Gasteiger partial charge < -0.3 is 14.2 Å². The van der Waals surface area contributed by atoms with Crippen molar-refractivity contribution in [3.63, 3.8) is 0 Å². The highest BCUT2D eigenvalue weighted by Gasteiger charge is 2.16. The minimum atomic E-state index is -0.537. The van der Waals surface area contributed by atoms with Crippen molar-refractivity contribution < 1.29 is 28.7 Å². The standard InChI is InChI=1S/C21H22BrN3O7/c1-3-30-18-10-14(9-16(22)21(18)32-13-20(27)31-4-2)12-23-24-19(26)11-15-7-5-6-8-17(15)25(28)29/h5-10,12H,3-4,11,13H2,1-2H3,(H,24,26)/b23-12+. The maximum Gasteiger partial charge on any atom is 0.344 e. The number of halogens is 1. The number of esters is 1. The maximum absolute atomic E-state index is 12.1. The van der Waals surface area contributed by atoms with Crippen LogP contribution in [0.3, 0.4) is 0 Å². The molecular weight excluding hydrogens is 486 g/mol. The molecule has 2 aromatic rings. The molecule has 0 heterocycles. The predicted molar refractivity (Wildman–Crippen MR) is 120 cm³/mol. The Bertz CT molecular complexity index is 1010. The summed E-state index contributed by atoms with van der Waals surface area (Å²) in [6.45, 7) is 3.83. The van der Waals surface area contributed by atoms with E-state index in [4.69, 9.17) is 14.2 Å². The summed E-state index contributed by atoms with van der Waals surface area (Å²) in [6.07, 6.45) is 1.20. The third-order valence-electron chi connectivity index (χ3n) is 3.91. The third-order valence-corrected chi connectivity index (χ3v) is 4.50. The summed E-state index contributed by atoms with van der Waals surface area (Å²) in [5.74, 6) is -0.306. The zero-order valence-electron chi connectivity index (χ0n) is 17.5. The number of hydrazone groups is 1. The maximum atomic E-state index is 12.1. The van der Waals surface area contributed by atoms with E-state index in [2.05, 4.69) is 26.5 Å². The van der Waals surface area contributed by atoms with Crippen LogP contribution in [0.5, 0.6) is 11.5 Å². The fourth-order valence-corrected chi connectivity index (χ4v) is 3.20. The lowest BCUT2D eigenvalue weighted by Crippen LogP contribution is -2.20. The molecule has 0 aliphatic heterocycles. The second-order valence-electron chi connectivity index (χ2n) is 6.21. The highest BCUT2D eigenvalue weighted by Crippen LogP contribution is 2.36. The molecule has 0 aromatic heterocycles. The highest BCUT2D eigenvalue weighted by molar-refractivity contribution is 9.10. The number of hydrogen-bond acceptors (Lipinski definition) is 8. The fourth-order valence-electron chi connectivity index (χ4n) is 2.63. The number of para-hydroxylation sites is 1. The van der Waals surface area contributed by atoms with Crippen LogP contribution in [0.15, 0.2) is 46.0 Å². The normalized spacial score (nSPS) is 10.6. The fraction of sp³-hybridized carbons (Fsp3) is 0.286. The van der Waals surface area contributed by atoms with Gasteiger partial charge in [0.1, 0.15) is 0 Å². The zero-order valence-corrected chi connectivity index (χ0v) is 19.1. The van der Waals surface area contributed by atoms with Crippen molar-refractivity contribution in [3.05, 3.63) is 62.1 Å². The minimum Gasteiger partial charge on any atom is -0.490 e. The Kier molecular flexibility index (Phi) is 9.61. The molecule has 10 nitrogen and oxygen atoms in total. The number of nitrogens with zero attached hydrogens (tertiary/aromatic N) is 2. The average molecular weight is 508 g/mol. The summed E-state index contributed by atoms with van der Waals surface area (Å²) >= 11 is 3.37. The van der Waals surface area contributed by atoms with Gasteiger partial charge in [0.15, 0.2) is 18.1 Å². The van der Waals surface area contributed by atoms with Gasteiger partial charge in [-0.05, 0) is 47.5 Å². The summed E-state index contributed by atoms with van der Waals surface area (Å²) in [4.78, 5) is 34.2. The van der Waals surface area contributed by atoms with Gasteiger partial charge in [0.2, 0.25) is 5.91 Å². The summed E-state index contributed by atoms with van der Waals surface area (Å²) in [7, 11) is 0. The first kappa shape index (κ1) is 24.8. The number of carbonyl (C=O) groups excluding carboxylic acids is 2. The molecule has 0 fully saturated rings. The summed E-state index contributed by atoms with van der Waals surface area (Å²) < 4.78 is 16.4. The molecule has 0 saturated carbocycles. The lowest BCUT2D eigenvalue weighted by Gasteiger charge is -2.14. The Hall–Kier alpha value is -3.47. The van der Waals surface area contributed by atoms with Gasteiger partial charge in [0.05, 0.1) is 35.2 Å². The number of ether oxygens (including phenoxy) is 3. The topological polar surface area (TPSA) is 129 Å². The molecular formula is C21H22BrN3O7. The van der Waals surface area contributed by atoms with Gasteiger partial charge in [0, 0.05) is 11.6 Å². The van der Waals surface area contributed by atoms with Gasteiger partial charge in [0.25, 0.3) is 5.69 Å². The number of hydrogen-bond donors (Lipinski definition) is 1. The van der Waals surface area contributed by atoms with Gasteiger partial charge in [-0.3, -0.25) is 14.9 Å². The van der Waals surface area contributed by atoms with Crippen LogP contribution < -0.4 is 14.9 Å². The summed E-state index contributed by atoms with van der Waals surface area (Å²) in [6, 6.07) is 9.31. The van der Waals surface area contributed by atoms with E-state index in [1.54, 1.807) is 32.0 Å². The first-order valence-corrected chi connectivity index (χ1v) is 10.4. The molecule has 0 bridgehead atoms. The molecule has 0 saturated heterocycles. The largest absolute Gasteiger partial charge is 0.490 e. The molecule has 0 atom stereocenters. The van der Waals surface area contributed by atoms with Crippen LogP contribution in [-0.2, 0) is 20.7 Å². The van der Waals surface area contributed by atoms with Crippen molar-refractivity contribution in [1.29, 1.82) is 0 Å². The van der Waals surface area contributed by atoms with Crippen LogP contribution in [0.4, 0.5) is 5.69 Å². The molecule has 0 aliphatic rings. The van der Waals surface area contributed by atoms with Crippen LogP contribution in [0.2, 0.25) is 0 Å². The average Bonchev–Trinajstić information content (AvgIpc) is 2.74. The molecule has 2 rings (SSSR count). The quantitative estimate of drug-likeness (QED) is 0.213. The van der Waals surface area contributed by atoms with Crippen LogP contribution in [0, 0.1) is 10.1 Å². The monoisotopic (exact) mass is 507 g/mol. The van der Waals surface area contributed by atoms with Crippen LogP contribution in [-0.4, -0.2) is 42.8 Å². The number of benzene rings is 2. The third kappa shape index (κ3) is 7.34. The number of carbonyl (C=O) groups is 2. The Morgan fingerprint density at radius 2 is 1.94 bits per heavy atom. The Balaban J connectivity index is 2.07. The molecule has 0 aliphatic carbocycles. The molecule has 170 valence electrons. The van der Waals surface area contributed by atoms with Crippen molar-refractivity contribution in [2.45, 2.75) is 20.3 Å². The zero-order chi connectivity index (χ0) is 23.5. The number of nitrogens with one attached hydrogen (secondary N) is 1. The van der Waals surface area contributed by atoms with E-state index >= 15 is 0 Å². The predicted octanol–water partition coefficient (Wildman–Crippen LogP) is 3.39. The molecule has 11 heteroatoms. The number of nitro groups is 1.